The van der Waals surface area contributed by atoms with E-state index in [1.54, 1.807) is 14.0 Å². The molecule has 31 heavy (non-hydrogen) atoms. The highest BCUT2D eigenvalue weighted by Crippen LogP contribution is 2.26. The van der Waals surface area contributed by atoms with E-state index in [9.17, 15) is 28.3 Å². The van der Waals surface area contributed by atoms with Gasteiger partial charge in [0.1, 0.15) is 17.2 Å². The fourth-order valence-electron chi connectivity index (χ4n) is 3.37. The van der Waals surface area contributed by atoms with Crippen LogP contribution in [0.1, 0.15) is 45.4 Å². The molecule has 3 N–H and O–H groups in total. The number of aromatic nitrogens is 1. The number of hydrogen-bond acceptors (Lipinski definition) is 5. The number of carbonyl (C=O) groups is 2. The number of nitrogens with zero attached hydrogens (tertiary/aromatic N) is 2. The summed E-state index contributed by atoms with van der Waals surface area (Å²) in [7, 11) is 2.55. The van der Waals surface area contributed by atoms with Crippen LogP contribution in [-0.2, 0) is 19.5 Å². The molecule has 1 aliphatic rings. The zero-order valence-electron chi connectivity index (χ0n) is 17.5. The number of fused-ring (bicyclic) bond motifs is 1. The Morgan fingerprint density at radius 3 is 2.55 bits per heavy atom. The average Bonchev–Trinajstić information content (AvgIpc) is 3.23. The molecule has 0 aliphatic carbocycles. The minimum Gasteiger partial charge on any atom is -0.503 e. The summed E-state index contributed by atoms with van der Waals surface area (Å²) >= 11 is 0. The van der Waals surface area contributed by atoms with Gasteiger partial charge >= 0.3 is 0 Å². The van der Waals surface area contributed by atoms with Crippen molar-refractivity contribution in [3.63, 3.8) is 0 Å². The number of nitrogens with one attached hydrogen (secondary N) is 1. The molecule has 0 saturated carbocycles. The van der Waals surface area contributed by atoms with Crippen LogP contribution in [0.3, 0.4) is 0 Å². The predicted molar refractivity (Wildman–Crippen MR) is 109 cm³/mol. The smallest absolute Gasteiger partial charge is 0.274 e. The van der Waals surface area contributed by atoms with Crippen molar-refractivity contribution in [2.45, 2.75) is 32.9 Å². The van der Waals surface area contributed by atoms with Gasteiger partial charge in [-0.25, -0.2) is 8.78 Å². The third-order valence-corrected chi connectivity index (χ3v) is 5.05. The molecule has 0 unspecified atom stereocenters. The summed E-state index contributed by atoms with van der Waals surface area (Å²) in [6.07, 6.45) is 0.991. The van der Waals surface area contributed by atoms with Crippen molar-refractivity contribution in [2.75, 3.05) is 20.7 Å². The lowest BCUT2D eigenvalue weighted by molar-refractivity contribution is 0.0785. The molecule has 0 saturated heterocycles. The van der Waals surface area contributed by atoms with Gasteiger partial charge in [-0.1, -0.05) is 6.07 Å². The number of benzene rings is 1. The third-order valence-electron chi connectivity index (χ3n) is 5.05. The molecule has 0 bridgehead atoms. The largest absolute Gasteiger partial charge is 0.503 e. The molecular formula is C21H25F2N3O5. The molecular weight excluding hydrogens is 412 g/mol. The Bertz CT molecular complexity index is 1050. The minimum absolute atomic E-state index is 0.0529. The first-order valence-corrected chi connectivity index (χ1v) is 9.67. The molecule has 168 valence electrons. The van der Waals surface area contributed by atoms with Crippen LogP contribution in [0.5, 0.6) is 5.75 Å². The zero-order chi connectivity index (χ0) is 23.3. The molecule has 2 aromatic rings. The predicted octanol–water partition coefficient (Wildman–Crippen LogP) is 1.41. The lowest BCUT2D eigenvalue weighted by Gasteiger charge is -2.20. The van der Waals surface area contributed by atoms with Gasteiger partial charge in [0.2, 0.25) is 5.43 Å². The lowest BCUT2D eigenvalue weighted by atomic mass is 10.1. The Morgan fingerprint density at radius 1 is 1.26 bits per heavy atom. The number of aliphatic hydroxyl groups is 1. The van der Waals surface area contributed by atoms with Crippen molar-refractivity contribution in [1.82, 2.24) is 14.8 Å². The quantitative estimate of drug-likeness (QED) is 0.655. The number of pyridine rings is 1. The first-order chi connectivity index (χ1) is 14.8. The van der Waals surface area contributed by atoms with E-state index in [4.69, 9.17) is 5.11 Å². The summed E-state index contributed by atoms with van der Waals surface area (Å²) in [4.78, 5) is 39.3. The Balaban J connectivity index is 0.00000166. The minimum atomic E-state index is -0.942. The molecule has 1 aromatic carbocycles. The van der Waals surface area contributed by atoms with Crippen molar-refractivity contribution in [3.05, 3.63) is 62.6 Å². The molecule has 0 fully saturated rings. The molecule has 1 aromatic heterocycles. The first kappa shape index (κ1) is 24.0. The van der Waals surface area contributed by atoms with E-state index in [2.05, 4.69) is 5.32 Å². The average molecular weight is 437 g/mol. The highest BCUT2D eigenvalue weighted by atomic mass is 19.1. The van der Waals surface area contributed by atoms with E-state index >= 15 is 0 Å². The second-order valence-electron chi connectivity index (χ2n) is 6.84. The van der Waals surface area contributed by atoms with Crippen molar-refractivity contribution in [1.29, 1.82) is 0 Å². The number of aliphatic hydroxyl groups excluding tert-OH is 1. The highest BCUT2D eigenvalue weighted by molar-refractivity contribution is 5.99. The Kier molecular flexibility index (Phi) is 7.87. The summed E-state index contributed by atoms with van der Waals surface area (Å²) in [6.45, 7) is 2.26. The van der Waals surface area contributed by atoms with Gasteiger partial charge < -0.3 is 25.0 Å². The van der Waals surface area contributed by atoms with E-state index in [0.717, 1.165) is 13.2 Å². The fraction of sp³-hybridized carbons (Fsp3) is 0.381. The highest BCUT2D eigenvalue weighted by Gasteiger charge is 2.31. The van der Waals surface area contributed by atoms with Crippen molar-refractivity contribution < 1.29 is 28.6 Å². The van der Waals surface area contributed by atoms with Gasteiger partial charge in [0, 0.05) is 51.1 Å². The molecule has 2 amide bonds. The van der Waals surface area contributed by atoms with Crippen molar-refractivity contribution >= 4 is 11.8 Å². The normalized spacial score (nSPS) is 11.9. The summed E-state index contributed by atoms with van der Waals surface area (Å²) in [5, 5.41) is 19.8. The number of rotatable bonds is 5. The van der Waals surface area contributed by atoms with Crippen molar-refractivity contribution in [2.24, 2.45) is 0 Å². The Hall–Kier alpha value is -3.27. The maximum absolute atomic E-state index is 13.8. The molecule has 1 aliphatic heterocycles. The van der Waals surface area contributed by atoms with Crippen molar-refractivity contribution in [3.8, 4) is 5.75 Å². The van der Waals surface area contributed by atoms with Gasteiger partial charge in [-0.15, -0.1) is 0 Å². The zero-order valence-corrected chi connectivity index (χ0v) is 17.5. The molecule has 8 nitrogen and oxygen atoms in total. The maximum atomic E-state index is 13.8. The van der Waals surface area contributed by atoms with Gasteiger partial charge in [-0.05, 0) is 25.8 Å². The van der Waals surface area contributed by atoms with Crippen LogP contribution in [0.25, 0.3) is 0 Å². The third kappa shape index (κ3) is 4.74. The van der Waals surface area contributed by atoms with E-state index in [1.165, 1.54) is 15.5 Å². The second-order valence-corrected chi connectivity index (χ2v) is 6.84. The number of aromatic hydroxyl groups is 1. The second kappa shape index (κ2) is 10.2. The Morgan fingerprint density at radius 2 is 1.94 bits per heavy atom. The standard InChI is InChI=1S/C20H21F2N3O4.CH4O/c1-3-24(2)20(29)16-18(27)17(26)15(14-5-4-8-25(14)16)19(28)23-10-11-6-7-12(21)9-13(11)22;1-2/h6-7,9,27H,3-5,8,10H2,1-2H3,(H,23,28);2H,1H3. The number of hydrogen-bond donors (Lipinski definition) is 3. The number of halogens is 2. The summed E-state index contributed by atoms with van der Waals surface area (Å²) in [6, 6.07) is 2.96. The SMILES string of the molecule is CCN(C)C(=O)c1c(O)c(=O)c(C(=O)NCc2ccc(F)cc2F)c2n1CCC2.CO. The van der Waals surface area contributed by atoms with E-state index in [1.807, 2.05) is 0 Å². The van der Waals surface area contributed by atoms with Crippen LogP contribution >= 0.6 is 0 Å². The van der Waals surface area contributed by atoms with Crippen LogP contribution in [0, 0.1) is 11.6 Å². The van der Waals surface area contributed by atoms with Gasteiger partial charge in [0.25, 0.3) is 11.8 Å². The molecule has 0 radical (unpaired) electrons. The maximum Gasteiger partial charge on any atom is 0.274 e. The first-order valence-electron chi connectivity index (χ1n) is 9.67. The molecule has 10 heteroatoms. The van der Waals surface area contributed by atoms with Crippen LogP contribution in [-0.4, -0.2) is 52.2 Å². The van der Waals surface area contributed by atoms with E-state index in [0.29, 0.717) is 37.7 Å². The summed E-state index contributed by atoms with van der Waals surface area (Å²) in [5.74, 6) is -3.64. The number of carbonyl (C=O) groups excluding carboxylic acids is 2. The molecule has 0 spiro atoms. The molecule has 3 rings (SSSR count). The van der Waals surface area contributed by atoms with Gasteiger partial charge in [0.05, 0.1) is 0 Å². The lowest BCUT2D eigenvalue weighted by Crippen LogP contribution is -2.35. The van der Waals surface area contributed by atoms with E-state index in [-0.39, 0.29) is 23.4 Å². The van der Waals surface area contributed by atoms with E-state index < -0.39 is 34.6 Å². The van der Waals surface area contributed by atoms with Gasteiger partial charge in [0.15, 0.2) is 11.4 Å². The van der Waals surface area contributed by atoms with Crippen LogP contribution in [0.2, 0.25) is 0 Å². The summed E-state index contributed by atoms with van der Waals surface area (Å²) < 4.78 is 28.3. The van der Waals surface area contributed by atoms with Crippen LogP contribution < -0.4 is 10.7 Å². The molecule has 0 atom stereocenters. The van der Waals surface area contributed by atoms with Gasteiger partial charge in [-0.3, -0.25) is 14.4 Å². The van der Waals surface area contributed by atoms with Crippen LogP contribution in [0.4, 0.5) is 8.78 Å². The number of amides is 2. The Labute approximate surface area is 177 Å². The van der Waals surface area contributed by atoms with Gasteiger partial charge in [-0.2, -0.15) is 0 Å². The summed E-state index contributed by atoms with van der Waals surface area (Å²) in [5.41, 5.74) is -0.927. The molecule has 2 heterocycles. The van der Waals surface area contributed by atoms with Crippen LogP contribution in [0.15, 0.2) is 23.0 Å². The topological polar surface area (TPSA) is 112 Å². The monoisotopic (exact) mass is 437 g/mol. The fourth-order valence-corrected chi connectivity index (χ4v) is 3.37.